The number of hydrogen-bond acceptors (Lipinski definition) is 3. The Labute approximate surface area is 112 Å². The molecule has 1 aliphatic rings. The number of nitrogens with zero attached hydrogens (tertiary/aromatic N) is 1. The number of nitro benzene ring substituents is 1. The lowest BCUT2D eigenvalue weighted by atomic mass is 10.2. The maximum atomic E-state index is 10.8. The smallest absolute Gasteiger partial charge is 0.311 e. The Hall–Kier alpha value is -0.810. The molecule has 1 aromatic carbocycles. The number of halogens is 2. The molecule has 2 rings (SSSR count). The molecule has 92 valence electrons. The average molecular weight is 321 g/mol. The predicted octanol–water partition coefficient (Wildman–Crippen LogP) is 3.80. The van der Waals surface area contributed by atoms with Crippen molar-refractivity contribution < 1.29 is 9.66 Å². The lowest BCUT2D eigenvalue weighted by Crippen LogP contribution is -2.14. The van der Waals surface area contributed by atoms with Crippen LogP contribution in [0, 0.1) is 15.5 Å². The van der Waals surface area contributed by atoms with Gasteiger partial charge in [0.25, 0.3) is 0 Å². The maximum absolute atomic E-state index is 10.8. The van der Waals surface area contributed by atoms with Crippen LogP contribution in [-0.2, 0) is 0 Å². The molecule has 0 amide bonds. The van der Waals surface area contributed by atoms with E-state index in [9.17, 15) is 10.1 Å². The van der Waals surface area contributed by atoms with Crippen LogP contribution in [0.25, 0.3) is 0 Å². The molecule has 6 heteroatoms. The molecule has 0 saturated heterocycles. The highest BCUT2D eigenvalue weighted by molar-refractivity contribution is 9.09. The van der Waals surface area contributed by atoms with Gasteiger partial charge in [-0.25, -0.2) is 0 Å². The maximum Gasteiger partial charge on any atom is 0.311 e. The molecule has 4 nitrogen and oxygen atoms in total. The van der Waals surface area contributed by atoms with Crippen LogP contribution in [0.1, 0.15) is 12.8 Å². The molecule has 0 bridgehead atoms. The number of rotatable bonds is 5. The van der Waals surface area contributed by atoms with Gasteiger partial charge >= 0.3 is 5.69 Å². The van der Waals surface area contributed by atoms with Gasteiger partial charge in [-0.1, -0.05) is 27.5 Å². The van der Waals surface area contributed by atoms with Crippen LogP contribution in [0.3, 0.4) is 0 Å². The van der Waals surface area contributed by atoms with Crippen LogP contribution in [0.2, 0.25) is 5.02 Å². The summed E-state index contributed by atoms with van der Waals surface area (Å²) in [6.07, 6.45) is 2.18. The van der Waals surface area contributed by atoms with Gasteiger partial charge < -0.3 is 4.74 Å². The third-order valence-corrected chi connectivity index (χ3v) is 4.32. The molecule has 0 spiro atoms. The number of nitro groups is 1. The first-order chi connectivity index (χ1) is 8.06. The SMILES string of the molecule is O=[N+]([O-])c1ccc(Cl)cc1OCC1(CBr)CC1. The van der Waals surface area contributed by atoms with Gasteiger partial charge in [0.2, 0.25) is 0 Å². The van der Waals surface area contributed by atoms with Crippen LogP contribution >= 0.6 is 27.5 Å². The van der Waals surface area contributed by atoms with E-state index in [1.54, 1.807) is 0 Å². The number of hydrogen-bond donors (Lipinski definition) is 0. The zero-order chi connectivity index (χ0) is 12.5. The van der Waals surface area contributed by atoms with E-state index in [0.717, 1.165) is 18.2 Å². The van der Waals surface area contributed by atoms with Crippen LogP contribution in [-0.4, -0.2) is 16.9 Å². The zero-order valence-corrected chi connectivity index (χ0v) is 11.3. The lowest BCUT2D eigenvalue weighted by Gasteiger charge is -2.13. The van der Waals surface area contributed by atoms with Crippen LogP contribution in [0.5, 0.6) is 5.75 Å². The molecule has 1 aliphatic carbocycles. The summed E-state index contributed by atoms with van der Waals surface area (Å²) in [4.78, 5) is 10.4. The van der Waals surface area contributed by atoms with E-state index in [-0.39, 0.29) is 16.9 Å². The van der Waals surface area contributed by atoms with Crippen molar-refractivity contribution in [3.8, 4) is 5.75 Å². The number of ether oxygens (including phenoxy) is 1. The number of benzene rings is 1. The predicted molar refractivity (Wildman–Crippen MR) is 69.1 cm³/mol. The molecule has 0 aromatic heterocycles. The standard InChI is InChI=1S/C11H11BrClNO3/c12-6-11(3-4-11)7-17-10-5-8(13)1-2-9(10)14(15)16/h1-2,5H,3-4,6-7H2. The van der Waals surface area contributed by atoms with Gasteiger partial charge in [0.15, 0.2) is 5.75 Å². The summed E-state index contributed by atoms with van der Waals surface area (Å²) in [6, 6.07) is 4.35. The molecule has 1 fully saturated rings. The minimum Gasteiger partial charge on any atom is -0.486 e. The molecule has 1 aromatic rings. The minimum atomic E-state index is -0.459. The normalized spacial score (nSPS) is 16.6. The Morgan fingerprint density at radius 3 is 2.76 bits per heavy atom. The van der Waals surface area contributed by atoms with Crippen molar-refractivity contribution >= 4 is 33.2 Å². The average Bonchev–Trinajstić information content (AvgIpc) is 3.07. The molecule has 17 heavy (non-hydrogen) atoms. The number of alkyl halides is 1. The Morgan fingerprint density at radius 1 is 1.53 bits per heavy atom. The minimum absolute atomic E-state index is 0.0419. The third-order valence-electron chi connectivity index (χ3n) is 2.89. The second-order valence-corrected chi connectivity index (χ2v) is 5.29. The summed E-state index contributed by atoms with van der Waals surface area (Å²) in [5, 5.41) is 12.1. The van der Waals surface area contributed by atoms with E-state index in [1.165, 1.54) is 18.2 Å². The topological polar surface area (TPSA) is 52.4 Å². The summed E-state index contributed by atoms with van der Waals surface area (Å²) in [6.45, 7) is 0.486. The molecule has 0 atom stereocenters. The molecule has 0 unspecified atom stereocenters. The highest BCUT2D eigenvalue weighted by atomic mass is 79.9. The summed E-state index contributed by atoms with van der Waals surface area (Å²) in [5.74, 6) is 0.245. The monoisotopic (exact) mass is 319 g/mol. The van der Waals surface area contributed by atoms with Crippen molar-refractivity contribution in [1.82, 2.24) is 0 Å². The van der Waals surface area contributed by atoms with E-state index in [1.807, 2.05) is 0 Å². The lowest BCUT2D eigenvalue weighted by molar-refractivity contribution is -0.385. The van der Waals surface area contributed by atoms with E-state index in [2.05, 4.69) is 15.9 Å². The first-order valence-corrected chi connectivity index (χ1v) is 6.69. The quantitative estimate of drug-likeness (QED) is 0.471. The van der Waals surface area contributed by atoms with E-state index in [4.69, 9.17) is 16.3 Å². The van der Waals surface area contributed by atoms with Gasteiger partial charge in [-0.05, 0) is 18.9 Å². The van der Waals surface area contributed by atoms with Gasteiger partial charge in [-0.15, -0.1) is 0 Å². The highest BCUT2D eigenvalue weighted by Gasteiger charge is 2.42. The van der Waals surface area contributed by atoms with E-state index in [0.29, 0.717) is 11.6 Å². The van der Waals surface area contributed by atoms with Crippen molar-refractivity contribution in [3.63, 3.8) is 0 Å². The third kappa shape index (κ3) is 2.90. The Bertz CT molecular complexity index is 448. The van der Waals surface area contributed by atoms with Crippen molar-refractivity contribution in [2.45, 2.75) is 12.8 Å². The second kappa shape index (κ2) is 4.82. The van der Waals surface area contributed by atoms with Gasteiger partial charge in [0, 0.05) is 27.9 Å². The van der Waals surface area contributed by atoms with Crippen LogP contribution in [0.4, 0.5) is 5.69 Å². The Morgan fingerprint density at radius 2 is 2.24 bits per heavy atom. The fraction of sp³-hybridized carbons (Fsp3) is 0.455. The van der Waals surface area contributed by atoms with E-state index >= 15 is 0 Å². The molecule has 0 radical (unpaired) electrons. The van der Waals surface area contributed by atoms with E-state index < -0.39 is 4.92 Å². The summed E-state index contributed by atoms with van der Waals surface area (Å²) >= 11 is 9.24. The van der Waals surface area contributed by atoms with Crippen molar-refractivity contribution in [1.29, 1.82) is 0 Å². The highest BCUT2D eigenvalue weighted by Crippen LogP contribution is 2.47. The zero-order valence-electron chi connectivity index (χ0n) is 8.99. The van der Waals surface area contributed by atoms with Crippen molar-refractivity contribution in [3.05, 3.63) is 33.3 Å². The first-order valence-electron chi connectivity index (χ1n) is 5.19. The van der Waals surface area contributed by atoms with Gasteiger partial charge in [-0.2, -0.15) is 0 Å². The van der Waals surface area contributed by atoms with Crippen LogP contribution < -0.4 is 4.74 Å². The van der Waals surface area contributed by atoms with Crippen LogP contribution in [0.15, 0.2) is 18.2 Å². The molecular weight excluding hydrogens is 309 g/mol. The first kappa shape index (κ1) is 12.6. The molecule has 0 N–H and O–H groups in total. The molecule has 0 heterocycles. The van der Waals surface area contributed by atoms with Crippen molar-refractivity contribution in [2.24, 2.45) is 5.41 Å². The Balaban J connectivity index is 2.13. The molecule has 1 saturated carbocycles. The summed E-state index contributed by atoms with van der Waals surface area (Å²) in [7, 11) is 0. The van der Waals surface area contributed by atoms with Gasteiger partial charge in [0.05, 0.1) is 11.5 Å². The fourth-order valence-electron chi connectivity index (χ4n) is 1.48. The summed E-state index contributed by atoms with van der Waals surface area (Å²) < 4.78 is 5.54. The Kier molecular flexibility index (Phi) is 3.58. The van der Waals surface area contributed by atoms with Gasteiger partial charge in [0.1, 0.15) is 0 Å². The second-order valence-electron chi connectivity index (χ2n) is 4.29. The molecule has 0 aliphatic heterocycles. The van der Waals surface area contributed by atoms with Gasteiger partial charge in [-0.3, -0.25) is 10.1 Å². The van der Waals surface area contributed by atoms with Crippen molar-refractivity contribution in [2.75, 3.05) is 11.9 Å². The molecular formula is C11H11BrClNO3. The fourth-order valence-corrected chi connectivity index (χ4v) is 2.36. The largest absolute Gasteiger partial charge is 0.486 e. The summed E-state index contributed by atoms with van der Waals surface area (Å²) in [5.41, 5.74) is 0.107.